The highest BCUT2D eigenvalue weighted by Crippen LogP contribution is 2.11. The van der Waals surface area contributed by atoms with Gasteiger partial charge in [-0.3, -0.25) is 9.69 Å². The summed E-state index contributed by atoms with van der Waals surface area (Å²) in [4.78, 5) is 13.2. The number of rotatable bonds is 5. The van der Waals surface area contributed by atoms with Crippen molar-refractivity contribution in [1.29, 1.82) is 0 Å². The van der Waals surface area contributed by atoms with E-state index in [0.29, 0.717) is 12.6 Å². The summed E-state index contributed by atoms with van der Waals surface area (Å²) < 4.78 is 0. The summed E-state index contributed by atoms with van der Waals surface area (Å²) in [5.74, 6) is -0.414. The van der Waals surface area contributed by atoms with Crippen molar-refractivity contribution in [1.82, 2.24) is 10.2 Å². The lowest BCUT2D eigenvalue weighted by atomic mass is 10.0. The first-order chi connectivity index (χ1) is 7.15. The number of likely N-dealkylation sites (N-methyl/N-ethyl adjacent to an activating group) is 1. The summed E-state index contributed by atoms with van der Waals surface area (Å²) in [6.45, 7) is 5.69. The highest BCUT2D eigenvalue weighted by Gasteiger charge is 2.22. The van der Waals surface area contributed by atoms with Crippen LogP contribution in [0.1, 0.15) is 19.8 Å². The van der Waals surface area contributed by atoms with E-state index in [-0.39, 0.29) is 0 Å². The number of nitrogens with zero attached hydrogens (tertiary/aromatic N) is 1. The van der Waals surface area contributed by atoms with E-state index in [1.807, 2.05) is 0 Å². The summed E-state index contributed by atoms with van der Waals surface area (Å²) in [7, 11) is 0. The minimum Gasteiger partial charge on any atom is -0.368 e. The molecule has 15 heavy (non-hydrogen) atoms. The Bertz CT molecular complexity index is 204. The summed E-state index contributed by atoms with van der Waals surface area (Å²) in [6, 6.07) is 0.00138. The van der Waals surface area contributed by atoms with Crippen molar-refractivity contribution >= 4 is 5.91 Å². The largest absolute Gasteiger partial charge is 0.368 e. The van der Waals surface area contributed by atoms with E-state index in [9.17, 15) is 4.79 Å². The van der Waals surface area contributed by atoms with Crippen molar-refractivity contribution in [2.45, 2.75) is 31.8 Å². The molecule has 1 rings (SSSR count). The monoisotopic (exact) mass is 214 g/mol. The second-order valence-corrected chi connectivity index (χ2v) is 4.08. The number of hydrogen-bond donors (Lipinski definition) is 3. The third-order valence-corrected chi connectivity index (χ3v) is 3.03. The number of primary amides is 1. The summed E-state index contributed by atoms with van der Waals surface area (Å²) in [5.41, 5.74) is 10.8. The smallest absolute Gasteiger partial charge is 0.235 e. The average molecular weight is 214 g/mol. The summed E-state index contributed by atoms with van der Waals surface area (Å²) in [6.07, 6.45) is 2.25. The van der Waals surface area contributed by atoms with E-state index in [4.69, 9.17) is 11.5 Å². The van der Waals surface area contributed by atoms with Gasteiger partial charge in [-0.15, -0.1) is 0 Å². The van der Waals surface area contributed by atoms with Gasteiger partial charge in [-0.05, 0) is 32.5 Å². The molecule has 88 valence electrons. The molecule has 0 aromatic heterocycles. The molecule has 0 saturated carbocycles. The lowest BCUT2D eigenvalue weighted by molar-refractivity contribution is -0.119. The van der Waals surface area contributed by atoms with Crippen molar-refractivity contribution in [3.05, 3.63) is 0 Å². The van der Waals surface area contributed by atoms with E-state index in [1.54, 1.807) is 0 Å². The highest BCUT2D eigenvalue weighted by atomic mass is 16.1. The normalized spacial score (nSPS) is 20.5. The van der Waals surface area contributed by atoms with Crippen molar-refractivity contribution in [2.24, 2.45) is 11.5 Å². The van der Waals surface area contributed by atoms with E-state index >= 15 is 0 Å². The molecule has 5 nitrogen and oxygen atoms in total. The zero-order valence-corrected chi connectivity index (χ0v) is 9.41. The number of nitrogens with two attached hydrogens (primary N) is 2. The number of carbonyl (C=O) groups is 1. The van der Waals surface area contributed by atoms with E-state index < -0.39 is 11.9 Å². The van der Waals surface area contributed by atoms with Crippen LogP contribution < -0.4 is 16.8 Å². The van der Waals surface area contributed by atoms with E-state index in [1.165, 1.54) is 0 Å². The highest BCUT2D eigenvalue weighted by molar-refractivity contribution is 5.79. The Morgan fingerprint density at radius 1 is 1.53 bits per heavy atom. The Balaban J connectivity index is 2.43. The van der Waals surface area contributed by atoms with Crippen LogP contribution >= 0.6 is 0 Å². The minimum absolute atomic E-state index is 0.414. The SMILES string of the molecule is CCN(CC(N)C(N)=O)C1CCNCC1. The fourth-order valence-corrected chi connectivity index (χ4v) is 2.05. The molecule has 0 bridgehead atoms. The van der Waals surface area contributed by atoms with Crippen LogP contribution in [0, 0.1) is 0 Å². The lowest BCUT2D eigenvalue weighted by Crippen LogP contribution is -2.51. The van der Waals surface area contributed by atoms with Gasteiger partial charge < -0.3 is 16.8 Å². The number of piperidine rings is 1. The first-order valence-electron chi connectivity index (χ1n) is 5.64. The quantitative estimate of drug-likeness (QED) is 0.541. The maximum absolute atomic E-state index is 10.9. The molecule has 0 aliphatic carbocycles. The van der Waals surface area contributed by atoms with Crippen molar-refractivity contribution < 1.29 is 4.79 Å². The van der Waals surface area contributed by atoms with Crippen molar-refractivity contribution in [3.8, 4) is 0 Å². The van der Waals surface area contributed by atoms with Gasteiger partial charge in [0.25, 0.3) is 0 Å². The molecule has 0 aromatic carbocycles. The molecule has 1 amide bonds. The Morgan fingerprint density at radius 3 is 2.60 bits per heavy atom. The van der Waals surface area contributed by atoms with Gasteiger partial charge in [0.1, 0.15) is 0 Å². The number of nitrogens with one attached hydrogen (secondary N) is 1. The standard InChI is InChI=1S/C10H22N4O/c1-2-14(7-9(11)10(12)15)8-3-5-13-6-4-8/h8-9,13H,2-7,11H2,1H3,(H2,12,15). The second kappa shape index (κ2) is 6.05. The molecule has 1 atom stereocenters. The Kier molecular flexibility index (Phi) is 5.01. The Hall–Kier alpha value is -0.650. The van der Waals surface area contributed by atoms with Crippen LogP contribution in [0.15, 0.2) is 0 Å². The Labute approximate surface area is 91.2 Å². The molecule has 1 fully saturated rings. The van der Waals surface area contributed by atoms with Gasteiger partial charge in [0.2, 0.25) is 5.91 Å². The van der Waals surface area contributed by atoms with Crippen molar-refractivity contribution in [2.75, 3.05) is 26.2 Å². The molecule has 1 saturated heterocycles. The molecule has 5 N–H and O–H groups in total. The van der Waals surface area contributed by atoms with Crippen LogP contribution in [0.25, 0.3) is 0 Å². The molecule has 0 radical (unpaired) electrons. The zero-order chi connectivity index (χ0) is 11.3. The van der Waals surface area contributed by atoms with Gasteiger partial charge in [0.05, 0.1) is 6.04 Å². The minimum atomic E-state index is -0.542. The van der Waals surface area contributed by atoms with Gasteiger partial charge in [0.15, 0.2) is 0 Å². The molecule has 1 unspecified atom stereocenters. The first-order valence-corrected chi connectivity index (χ1v) is 5.64. The van der Waals surface area contributed by atoms with Gasteiger partial charge in [-0.1, -0.05) is 6.92 Å². The van der Waals surface area contributed by atoms with Gasteiger partial charge in [0, 0.05) is 12.6 Å². The maximum Gasteiger partial charge on any atom is 0.235 e. The molecule has 0 spiro atoms. The molecule has 1 aliphatic heterocycles. The predicted molar refractivity (Wildman–Crippen MR) is 60.3 cm³/mol. The van der Waals surface area contributed by atoms with Crippen LogP contribution in [-0.4, -0.2) is 49.1 Å². The molecule has 0 aromatic rings. The molecule has 5 heteroatoms. The summed E-state index contributed by atoms with van der Waals surface area (Å²) in [5, 5.41) is 3.32. The van der Waals surface area contributed by atoms with Crippen molar-refractivity contribution in [3.63, 3.8) is 0 Å². The van der Waals surface area contributed by atoms with Crippen LogP contribution in [0.3, 0.4) is 0 Å². The van der Waals surface area contributed by atoms with Crippen LogP contribution in [0.2, 0.25) is 0 Å². The van der Waals surface area contributed by atoms with Crippen LogP contribution in [-0.2, 0) is 4.79 Å². The van der Waals surface area contributed by atoms with E-state index in [2.05, 4.69) is 17.1 Å². The van der Waals surface area contributed by atoms with Gasteiger partial charge >= 0.3 is 0 Å². The molecule has 1 aliphatic rings. The van der Waals surface area contributed by atoms with Gasteiger partial charge in [-0.2, -0.15) is 0 Å². The molecule has 1 heterocycles. The summed E-state index contributed by atoms with van der Waals surface area (Å²) >= 11 is 0. The molecular formula is C10H22N4O. The number of amides is 1. The first kappa shape index (κ1) is 12.4. The lowest BCUT2D eigenvalue weighted by Gasteiger charge is -2.34. The fraction of sp³-hybridized carbons (Fsp3) is 0.900. The van der Waals surface area contributed by atoms with Crippen LogP contribution in [0.4, 0.5) is 0 Å². The predicted octanol–water partition coefficient (Wildman–Crippen LogP) is -1.13. The fourth-order valence-electron chi connectivity index (χ4n) is 2.05. The number of hydrogen-bond acceptors (Lipinski definition) is 4. The topological polar surface area (TPSA) is 84.4 Å². The molecular weight excluding hydrogens is 192 g/mol. The second-order valence-electron chi connectivity index (χ2n) is 4.08. The van der Waals surface area contributed by atoms with E-state index in [0.717, 1.165) is 32.5 Å². The van der Waals surface area contributed by atoms with Crippen LogP contribution in [0.5, 0.6) is 0 Å². The Morgan fingerprint density at radius 2 is 2.13 bits per heavy atom. The third-order valence-electron chi connectivity index (χ3n) is 3.03. The number of carbonyl (C=O) groups excluding carboxylic acids is 1. The maximum atomic E-state index is 10.9. The zero-order valence-electron chi connectivity index (χ0n) is 9.41. The van der Waals surface area contributed by atoms with Gasteiger partial charge in [-0.25, -0.2) is 0 Å². The average Bonchev–Trinajstić information content (AvgIpc) is 2.26. The third kappa shape index (κ3) is 3.77.